The number of carbonyl (C=O) groups is 1. The largest absolute Gasteiger partial charge is 0.392 e. The van der Waals surface area contributed by atoms with Crippen molar-refractivity contribution in [3.8, 4) is 0 Å². The summed E-state index contributed by atoms with van der Waals surface area (Å²) in [7, 11) is 0. The minimum absolute atomic E-state index is 0.0338. The maximum atomic E-state index is 12.1. The third-order valence-electron chi connectivity index (χ3n) is 2.91. The molecule has 0 saturated carbocycles. The van der Waals surface area contributed by atoms with Crippen LogP contribution in [0.1, 0.15) is 27.0 Å². The number of aliphatic hydroxyl groups is 1. The Labute approximate surface area is 107 Å². The fraction of sp³-hybridized carbons (Fsp3) is 0.188. The molecule has 2 heteroatoms. The van der Waals surface area contributed by atoms with E-state index in [4.69, 9.17) is 5.11 Å². The summed E-state index contributed by atoms with van der Waals surface area (Å²) in [5.74, 6) is 0.121. The van der Waals surface area contributed by atoms with Crippen molar-refractivity contribution in [2.45, 2.75) is 20.0 Å². The predicted octanol–water partition coefficient (Wildman–Crippen LogP) is 2.91. The van der Waals surface area contributed by atoms with E-state index in [0.717, 1.165) is 22.3 Å². The molecule has 0 saturated heterocycles. The van der Waals surface area contributed by atoms with Crippen LogP contribution in [0.2, 0.25) is 0 Å². The molecular formula is C16H16O2. The summed E-state index contributed by atoms with van der Waals surface area (Å²) in [4.78, 5) is 12.1. The second-order valence-corrected chi connectivity index (χ2v) is 4.44. The highest BCUT2D eigenvalue weighted by Crippen LogP contribution is 2.10. The molecule has 2 aromatic carbocycles. The summed E-state index contributed by atoms with van der Waals surface area (Å²) >= 11 is 0. The molecule has 2 rings (SSSR count). The summed E-state index contributed by atoms with van der Waals surface area (Å²) in [6.07, 6.45) is 0.398. The average molecular weight is 240 g/mol. The fourth-order valence-electron chi connectivity index (χ4n) is 1.87. The van der Waals surface area contributed by atoms with Gasteiger partial charge in [-0.3, -0.25) is 4.79 Å². The van der Waals surface area contributed by atoms with Gasteiger partial charge in [-0.2, -0.15) is 0 Å². The van der Waals surface area contributed by atoms with Crippen molar-refractivity contribution in [1.82, 2.24) is 0 Å². The summed E-state index contributed by atoms with van der Waals surface area (Å²) in [5.41, 5.74) is 3.68. The topological polar surface area (TPSA) is 37.3 Å². The highest BCUT2D eigenvalue weighted by molar-refractivity contribution is 5.97. The van der Waals surface area contributed by atoms with Gasteiger partial charge in [-0.05, 0) is 24.1 Å². The number of Topliss-reactive ketones (excluding diaryl/α,β-unsaturated/α-hetero) is 1. The molecule has 0 radical (unpaired) electrons. The first-order valence-corrected chi connectivity index (χ1v) is 5.97. The molecule has 1 N–H and O–H groups in total. The quantitative estimate of drug-likeness (QED) is 0.834. The zero-order valence-electron chi connectivity index (χ0n) is 10.4. The Morgan fingerprint density at radius 3 is 2.33 bits per heavy atom. The van der Waals surface area contributed by atoms with Gasteiger partial charge in [0, 0.05) is 12.0 Å². The van der Waals surface area contributed by atoms with E-state index in [0.29, 0.717) is 6.42 Å². The molecule has 0 heterocycles. The van der Waals surface area contributed by atoms with Crippen LogP contribution in [0.3, 0.4) is 0 Å². The van der Waals surface area contributed by atoms with Crippen LogP contribution < -0.4 is 0 Å². The zero-order chi connectivity index (χ0) is 13.0. The minimum atomic E-state index is 0.0338. The van der Waals surface area contributed by atoms with Crippen LogP contribution in [-0.4, -0.2) is 10.9 Å². The lowest BCUT2D eigenvalue weighted by Gasteiger charge is -2.03. The lowest BCUT2D eigenvalue weighted by molar-refractivity contribution is 0.0993. The Morgan fingerprint density at radius 1 is 1.06 bits per heavy atom. The van der Waals surface area contributed by atoms with Gasteiger partial charge in [-0.1, -0.05) is 48.0 Å². The second-order valence-electron chi connectivity index (χ2n) is 4.44. The standard InChI is InChI=1S/C16H16O2/c1-12-3-2-4-15(9-12)16(18)10-13-5-7-14(11-17)8-6-13/h2-9,17H,10-11H2,1H3. The van der Waals surface area contributed by atoms with Crippen LogP contribution in [0.5, 0.6) is 0 Å². The van der Waals surface area contributed by atoms with E-state index in [1.54, 1.807) is 0 Å². The molecule has 18 heavy (non-hydrogen) atoms. The maximum Gasteiger partial charge on any atom is 0.167 e. The number of ketones is 1. The van der Waals surface area contributed by atoms with Gasteiger partial charge in [0.2, 0.25) is 0 Å². The first kappa shape index (κ1) is 12.5. The number of rotatable bonds is 4. The first-order valence-electron chi connectivity index (χ1n) is 5.97. The highest BCUT2D eigenvalue weighted by Gasteiger charge is 2.06. The van der Waals surface area contributed by atoms with Gasteiger partial charge in [-0.25, -0.2) is 0 Å². The summed E-state index contributed by atoms with van der Waals surface area (Å²) in [6, 6.07) is 15.1. The number of benzene rings is 2. The Morgan fingerprint density at radius 2 is 1.72 bits per heavy atom. The van der Waals surface area contributed by atoms with Gasteiger partial charge in [-0.15, -0.1) is 0 Å². The SMILES string of the molecule is Cc1cccc(C(=O)Cc2ccc(CO)cc2)c1. The second kappa shape index (κ2) is 5.61. The van der Waals surface area contributed by atoms with Crippen LogP contribution >= 0.6 is 0 Å². The number of hydrogen-bond acceptors (Lipinski definition) is 2. The molecule has 0 aliphatic rings. The fourth-order valence-corrected chi connectivity index (χ4v) is 1.87. The van der Waals surface area contributed by atoms with Gasteiger partial charge in [0.1, 0.15) is 0 Å². The lowest BCUT2D eigenvalue weighted by Crippen LogP contribution is -2.03. The molecule has 0 atom stereocenters. The van der Waals surface area contributed by atoms with Crippen molar-refractivity contribution >= 4 is 5.78 Å². The van der Waals surface area contributed by atoms with Crippen molar-refractivity contribution in [2.24, 2.45) is 0 Å². The van der Waals surface area contributed by atoms with Crippen molar-refractivity contribution in [2.75, 3.05) is 0 Å². The van der Waals surface area contributed by atoms with Gasteiger partial charge < -0.3 is 5.11 Å². The zero-order valence-corrected chi connectivity index (χ0v) is 10.4. The first-order chi connectivity index (χ1) is 8.69. The molecule has 0 spiro atoms. The van der Waals surface area contributed by atoms with Gasteiger partial charge in [0.05, 0.1) is 6.61 Å². The van der Waals surface area contributed by atoms with E-state index >= 15 is 0 Å². The smallest absolute Gasteiger partial charge is 0.167 e. The van der Waals surface area contributed by atoms with Crippen LogP contribution in [0.15, 0.2) is 48.5 Å². The Balaban J connectivity index is 2.11. The molecule has 0 aliphatic heterocycles. The Kier molecular flexibility index (Phi) is 3.90. The number of aliphatic hydroxyl groups excluding tert-OH is 1. The average Bonchev–Trinajstić information content (AvgIpc) is 2.39. The molecule has 92 valence electrons. The Hall–Kier alpha value is -1.93. The summed E-state index contributed by atoms with van der Waals surface area (Å²) < 4.78 is 0. The van der Waals surface area contributed by atoms with E-state index in [-0.39, 0.29) is 12.4 Å². The molecule has 0 aromatic heterocycles. The summed E-state index contributed by atoms with van der Waals surface area (Å²) in [5, 5.41) is 8.95. The van der Waals surface area contributed by atoms with Gasteiger partial charge >= 0.3 is 0 Å². The minimum Gasteiger partial charge on any atom is -0.392 e. The van der Waals surface area contributed by atoms with Crippen LogP contribution in [0.25, 0.3) is 0 Å². The third-order valence-corrected chi connectivity index (χ3v) is 2.91. The Bertz CT molecular complexity index is 541. The number of carbonyl (C=O) groups excluding carboxylic acids is 1. The van der Waals surface area contributed by atoms with Crippen LogP contribution in [0.4, 0.5) is 0 Å². The van der Waals surface area contributed by atoms with E-state index in [1.807, 2.05) is 55.5 Å². The third kappa shape index (κ3) is 3.05. The van der Waals surface area contributed by atoms with Gasteiger partial charge in [0.25, 0.3) is 0 Å². The molecule has 0 amide bonds. The maximum absolute atomic E-state index is 12.1. The van der Waals surface area contributed by atoms with Crippen molar-refractivity contribution in [3.63, 3.8) is 0 Å². The monoisotopic (exact) mass is 240 g/mol. The number of aryl methyl sites for hydroxylation is 1. The van der Waals surface area contributed by atoms with Crippen molar-refractivity contribution in [3.05, 3.63) is 70.8 Å². The molecule has 0 bridgehead atoms. The summed E-state index contributed by atoms with van der Waals surface area (Å²) in [6.45, 7) is 2.01. The van der Waals surface area contributed by atoms with Crippen LogP contribution in [0, 0.1) is 6.92 Å². The molecular weight excluding hydrogens is 224 g/mol. The normalized spacial score (nSPS) is 10.3. The molecule has 0 fully saturated rings. The molecule has 2 aromatic rings. The molecule has 0 aliphatic carbocycles. The predicted molar refractivity (Wildman–Crippen MR) is 71.6 cm³/mol. The van der Waals surface area contributed by atoms with Gasteiger partial charge in [0.15, 0.2) is 5.78 Å². The van der Waals surface area contributed by atoms with E-state index in [1.165, 1.54) is 0 Å². The van der Waals surface area contributed by atoms with E-state index in [2.05, 4.69) is 0 Å². The lowest BCUT2D eigenvalue weighted by atomic mass is 10.0. The van der Waals surface area contributed by atoms with Crippen LogP contribution in [-0.2, 0) is 13.0 Å². The molecule has 0 unspecified atom stereocenters. The highest BCUT2D eigenvalue weighted by atomic mass is 16.3. The van der Waals surface area contributed by atoms with Crippen molar-refractivity contribution in [1.29, 1.82) is 0 Å². The van der Waals surface area contributed by atoms with E-state index in [9.17, 15) is 4.79 Å². The van der Waals surface area contributed by atoms with E-state index < -0.39 is 0 Å². The van der Waals surface area contributed by atoms with Crippen molar-refractivity contribution < 1.29 is 9.90 Å². The molecule has 2 nitrogen and oxygen atoms in total. The number of hydrogen-bond donors (Lipinski definition) is 1.